The van der Waals surface area contributed by atoms with Crippen LogP contribution in [0.3, 0.4) is 0 Å². The van der Waals surface area contributed by atoms with Crippen molar-refractivity contribution in [2.75, 3.05) is 0 Å². The number of carbonyl (C=O) groups excluding carboxylic acids is 1. The maximum absolute atomic E-state index is 11.3. The van der Waals surface area contributed by atoms with E-state index in [0.717, 1.165) is 5.57 Å². The smallest absolute Gasteiger partial charge is 0.252 e. The highest BCUT2D eigenvalue weighted by Crippen LogP contribution is 2.19. The van der Waals surface area contributed by atoms with Crippen molar-refractivity contribution < 1.29 is 4.79 Å². The first-order valence-corrected chi connectivity index (χ1v) is 3.90. The van der Waals surface area contributed by atoms with Crippen molar-refractivity contribution in [3.63, 3.8) is 0 Å². The van der Waals surface area contributed by atoms with E-state index in [2.05, 4.69) is 5.32 Å². The van der Waals surface area contributed by atoms with Gasteiger partial charge in [-0.05, 0) is 0 Å². The van der Waals surface area contributed by atoms with Crippen LogP contribution in [-0.4, -0.2) is 5.91 Å². The van der Waals surface area contributed by atoms with Crippen LogP contribution in [0.25, 0.3) is 0 Å². The molecule has 0 radical (unpaired) electrons. The summed E-state index contributed by atoms with van der Waals surface area (Å²) in [4.78, 5) is 11.3. The molecule has 1 N–H and O–H groups in total. The molecule has 0 aromatic rings. The monoisotopic (exact) mass is 159 g/mol. The molecular weight excluding hydrogens is 150 g/mol. The minimum atomic E-state index is -0.00120. The quantitative estimate of drug-likeness (QED) is 0.567. The fourth-order valence-electron chi connectivity index (χ4n) is 1.33. The predicted octanol–water partition coefficient (Wildman–Crippen LogP) is 1.30. The number of hydrogen-bond donors (Lipinski definition) is 1. The van der Waals surface area contributed by atoms with E-state index in [-0.39, 0.29) is 11.8 Å². The van der Waals surface area contributed by atoms with E-state index in [1.54, 1.807) is 6.20 Å². The first-order valence-electron chi connectivity index (χ1n) is 3.90. The van der Waals surface area contributed by atoms with E-state index >= 15 is 0 Å². The van der Waals surface area contributed by atoms with Crippen molar-refractivity contribution in [3.8, 4) is 0 Å². The van der Waals surface area contributed by atoms with E-state index in [1.165, 1.54) is 0 Å². The van der Waals surface area contributed by atoms with Gasteiger partial charge in [0, 0.05) is 17.7 Å². The standard InChI is InChI=1S/C10H9NO/c12-10-9-5-3-1-2-4-8(9)6-7-11-10/h1-8H,(H,11,12). The Morgan fingerprint density at radius 3 is 3.00 bits per heavy atom. The summed E-state index contributed by atoms with van der Waals surface area (Å²) in [5, 5.41) is 2.65. The molecule has 1 heterocycles. The van der Waals surface area contributed by atoms with Gasteiger partial charge in [0.2, 0.25) is 0 Å². The second-order valence-corrected chi connectivity index (χ2v) is 2.75. The highest BCUT2D eigenvalue weighted by atomic mass is 16.1. The Bertz CT molecular complexity index is 321. The molecule has 0 fully saturated rings. The van der Waals surface area contributed by atoms with Gasteiger partial charge in [0.1, 0.15) is 0 Å². The van der Waals surface area contributed by atoms with Crippen LogP contribution in [0.5, 0.6) is 0 Å². The second kappa shape index (κ2) is 2.81. The number of hydrogen-bond acceptors (Lipinski definition) is 1. The molecule has 0 saturated heterocycles. The van der Waals surface area contributed by atoms with Gasteiger partial charge in [-0.3, -0.25) is 4.79 Å². The predicted molar refractivity (Wildman–Crippen MR) is 47.1 cm³/mol. The van der Waals surface area contributed by atoms with Crippen LogP contribution in [0, 0.1) is 5.92 Å². The maximum atomic E-state index is 11.3. The number of allylic oxidation sites excluding steroid dienone is 6. The minimum Gasteiger partial charge on any atom is -0.329 e. The first kappa shape index (κ1) is 7.10. The Hall–Kier alpha value is -1.57. The fraction of sp³-hybridized carbons (Fsp3) is 0.100. The topological polar surface area (TPSA) is 29.1 Å². The van der Waals surface area contributed by atoms with Crippen molar-refractivity contribution in [2.24, 2.45) is 5.92 Å². The fourth-order valence-corrected chi connectivity index (χ4v) is 1.33. The highest BCUT2D eigenvalue weighted by Gasteiger charge is 2.18. The Labute approximate surface area is 71.0 Å². The van der Waals surface area contributed by atoms with Crippen LogP contribution in [0.2, 0.25) is 0 Å². The highest BCUT2D eigenvalue weighted by molar-refractivity contribution is 5.96. The molecule has 0 aromatic heterocycles. The summed E-state index contributed by atoms with van der Waals surface area (Å²) in [6.45, 7) is 0. The van der Waals surface area contributed by atoms with Gasteiger partial charge in [0.05, 0.1) is 0 Å². The third-order valence-electron chi connectivity index (χ3n) is 1.96. The zero-order chi connectivity index (χ0) is 8.39. The SMILES string of the molecule is O=C1NC=CC2C=CC=CC=C12. The summed E-state index contributed by atoms with van der Waals surface area (Å²) in [7, 11) is 0. The van der Waals surface area contributed by atoms with E-state index in [0.29, 0.717) is 0 Å². The lowest BCUT2D eigenvalue weighted by atomic mass is 9.96. The summed E-state index contributed by atoms with van der Waals surface area (Å²) in [5.41, 5.74) is 0.808. The van der Waals surface area contributed by atoms with Crippen molar-refractivity contribution in [1.82, 2.24) is 5.32 Å². The van der Waals surface area contributed by atoms with Gasteiger partial charge in [-0.15, -0.1) is 0 Å². The van der Waals surface area contributed by atoms with Crippen LogP contribution in [0.1, 0.15) is 0 Å². The number of rotatable bonds is 0. The zero-order valence-electron chi connectivity index (χ0n) is 6.53. The average Bonchev–Trinajstić information content (AvgIpc) is 2.30. The van der Waals surface area contributed by atoms with Gasteiger partial charge < -0.3 is 5.32 Å². The lowest BCUT2D eigenvalue weighted by Gasteiger charge is -2.15. The average molecular weight is 159 g/mol. The molecule has 0 bridgehead atoms. The van der Waals surface area contributed by atoms with Gasteiger partial charge in [0.15, 0.2) is 0 Å². The first-order chi connectivity index (χ1) is 5.88. The summed E-state index contributed by atoms with van der Waals surface area (Å²) in [5.74, 6) is 0.146. The summed E-state index contributed by atoms with van der Waals surface area (Å²) < 4.78 is 0. The van der Waals surface area contributed by atoms with Crippen LogP contribution in [-0.2, 0) is 4.79 Å². The van der Waals surface area contributed by atoms with Crippen molar-refractivity contribution in [2.45, 2.75) is 0 Å². The Morgan fingerprint density at radius 1 is 1.17 bits per heavy atom. The molecule has 1 unspecified atom stereocenters. The molecule has 1 aliphatic heterocycles. The molecule has 2 nitrogen and oxygen atoms in total. The van der Waals surface area contributed by atoms with Crippen molar-refractivity contribution >= 4 is 5.91 Å². The van der Waals surface area contributed by atoms with Crippen LogP contribution in [0.4, 0.5) is 0 Å². The van der Waals surface area contributed by atoms with E-state index in [1.807, 2.05) is 36.5 Å². The van der Waals surface area contributed by atoms with E-state index in [9.17, 15) is 4.79 Å². The van der Waals surface area contributed by atoms with Gasteiger partial charge >= 0.3 is 0 Å². The van der Waals surface area contributed by atoms with Crippen LogP contribution >= 0.6 is 0 Å². The maximum Gasteiger partial charge on any atom is 0.252 e. The van der Waals surface area contributed by atoms with Gasteiger partial charge in [-0.2, -0.15) is 0 Å². The normalized spacial score (nSPS) is 25.8. The molecule has 0 aromatic carbocycles. The molecule has 1 atom stereocenters. The second-order valence-electron chi connectivity index (χ2n) is 2.75. The van der Waals surface area contributed by atoms with Crippen LogP contribution < -0.4 is 5.32 Å². The molecule has 12 heavy (non-hydrogen) atoms. The van der Waals surface area contributed by atoms with Crippen LogP contribution in [0.15, 0.2) is 48.2 Å². The molecule has 2 aliphatic rings. The lowest BCUT2D eigenvalue weighted by molar-refractivity contribution is -0.117. The minimum absolute atomic E-state index is 0.00120. The number of carbonyl (C=O) groups is 1. The number of amides is 1. The number of fused-ring (bicyclic) bond motifs is 1. The molecular formula is C10H9NO. The van der Waals surface area contributed by atoms with E-state index < -0.39 is 0 Å². The summed E-state index contributed by atoms with van der Waals surface area (Å²) in [6, 6.07) is 0. The van der Waals surface area contributed by atoms with Gasteiger partial charge in [0.25, 0.3) is 5.91 Å². The number of nitrogens with one attached hydrogen (secondary N) is 1. The Morgan fingerprint density at radius 2 is 2.08 bits per heavy atom. The molecule has 2 heteroatoms. The third-order valence-corrected chi connectivity index (χ3v) is 1.96. The van der Waals surface area contributed by atoms with Crippen molar-refractivity contribution in [3.05, 3.63) is 48.2 Å². The molecule has 0 spiro atoms. The van der Waals surface area contributed by atoms with E-state index in [4.69, 9.17) is 0 Å². The van der Waals surface area contributed by atoms with Crippen molar-refractivity contribution in [1.29, 1.82) is 0 Å². The summed E-state index contributed by atoms with van der Waals surface area (Å²) in [6.07, 6.45) is 13.3. The Balaban J connectivity index is 2.43. The molecule has 0 saturated carbocycles. The third kappa shape index (κ3) is 1.11. The van der Waals surface area contributed by atoms with Gasteiger partial charge in [-0.1, -0.05) is 36.5 Å². The van der Waals surface area contributed by atoms with Gasteiger partial charge in [-0.25, -0.2) is 0 Å². The lowest BCUT2D eigenvalue weighted by Crippen LogP contribution is -2.26. The molecule has 1 aliphatic carbocycles. The molecule has 2 rings (SSSR count). The Kier molecular flexibility index (Phi) is 1.67. The molecule has 60 valence electrons. The largest absolute Gasteiger partial charge is 0.329 e. The summed E-state index contributed by atoms with van der Waals surface area (Å²) >= 11 is 0. The molecule has 1 amide bonds. The zero-order valence-corrected chi connectivity index (χ0v) is 6.53.